The zero-order chi connectivity index (χ0) is 18.4. The van der Waals surface area contributed by atoms with E-state index < -0.39 is 0 Å². The zero-order valence-electron chi connectivity index (χ0n) is 15.1. The Morgan fingerprint density at radius 1 is 0.429 bits per heavy atom. The van der Waals surface area contributed by atoms with Crippen molar-refractivity contribution >= 4 is 38.1 Å². The maximum atomic E-state index is 13.3. The lowest BCUT2D eigenvalue weighted by atomic mass is 9.83. The van der Waals surface area contributed by atoms with E-state index in [0.717, 1.165) is 0 Å². The van der Waals surface area contributed by atoms with Crippen molar-refractivity contribution < 1.29 is 4.79 Å². The fraction of sp³-hybridized carbons (Fsp3) is 0.0741. The summed E-state index contributed by atoms with van der Waals surface area (Å²) in [6, 6.07) is 30.4. The molecule has 0 radical (unpaired) electrons. The molecule has 1 heteroatoms. The third-order valence-electron chi connectivity index (χ3n) is 6.67. The lowest BCUT2D eigenvalue weighted by molar-refractivity contribution is -0.118. The van der Waals surface area contributed by atoms with Gasteiger partial charge in [0.2, 0.25) is 0 Å². The second kappa shape index (κ2) is 4.88. The van der Waals surface area contributed by atoms with Crippen molar-refractivity contribution in [3.63, 3.8) is 0 Å². The molecule has 7 rings (SSSR count). The number of fused-ring (bicyclic) bond motifs is 11. The fourth-order valence-electron chi connectivity index (χ4n) is 5.42. The van der Waals surface area contributed by atoms with E-state index in [2.05, 4.69) is 84.9 Å². The molecule has 0 aromatic heterocycles. The van der Waals surface area contributed by atoms with E-state index >= 15 is 0 Å². The molecule has 2 unspecified atom stereocenters. The van der Waals surface area contributed by atoms with Gasteiger partial charge in [-0.3, -0.25) is 4.79 Å². The first-order valence-corrected chi connectivity index (χ1v) is 9.80. The minimum Gasteiger partial charge on any atom is -0.298 e. The van der Waals surface area contributed by atoms with Crippen molar-refractivity contribution in [2.75, 3.05) is 0 Å². The Morgan fingerprint density at radius 2 is 0.750 bits per heavy atom. The standard InChI is InChI=1S/C27H16O/c28-27-25-21-11-17-7-3-4-8-18(17)12-22(21)26(27)24-14-20-10-16-6-2-1-5-15(16)9-19(20)13-23(24)25/h1-14,25-26H. The molecule has 2 aliphatic carbocycles. The second-order valence-electron chi connectivity index (χ2n) is 8.12. The first kappa shape index (κ1) is 14.6. The van der Waals surface area contributed by atoms with Crippen LogP contribution < -0.4 is 0 Å². The van der Waals surface area contributed by atoms with Gasteiger partial charge in [0.25, 0.3) is 0 Å². The number of ketones is 1. The van der Waals surface area contributed by atoms with Crippen LogP contribution in [0.5, 0.6) is 0 Å². The zero-order valence-corrected chi connectivity index (χ0v) is 15.1. The minimum atomic E-state index is -0.101. The third kappa shape index (κ3) is 1.70. The maximum Gasteiger partial charge on any atom is 0.156 e. The monoisotopic (exact) mass is 356 g/mol. The third-order valence-corrected chi connectivity index (χ3v) is 6.67. The van der Waals surface area contributed by atoms with Gasteiger partial charge >= 0.3 is 0 Å². The molecule has 0 amide bonds. The Hall–Kier alpha value is -3.45. The molecule has 2 bridgehead atoms. The van der Waals surface area contributed by atoms with E-state index in [0.29, 0.717) is 5.78 Å². The van der Waals surface area contributed by atoms with Crippen molar-refractivity contribution in [1.82, 2.24) is 0 Å². The predicted octanol–water partition coefficient (Wildman–Crippen LogP) is 6.31. The highest BCUT2D eigenvalue weighted by Crippen LogP contribution is 2.55. The Labute approximate surface area is 162 Å². The molecule has 1 nitrogen and oxygen atoms in total. The highest BCUT2D eigenvalue weighted by atomic mass is 16.1. The van der Waals surface area contributed by atoms with Crippen molar-refractivity contribution in [3.8, 4) is 0 Å². The highest BCUT2D eigenvalue weighted by molar-refractivity contribution is 6.10. The van der Waals surface area contributed by atoms with E-state index in [9.17, 15) is 4.79 Å². The fourth-order valence-corrected chi connectivity index (χ4v) is 5.42. The molecule has 28 heavy (non-hydrogen) atoms. The van der Waals surface area contributed by atoms with Crippen LogP contribution in [0.15, 0.2) is 84.9 Å². The van der Waals surface area contributed by atoms with E-state index in [4.69, 9.17) is 0 Å². The van der Waals surface area contributed by atoms with Crippen LogP contribution in [0.4, 0.5) is 0 Å². The first-order chi connectivity index (χ1) is 13.8. The molecule has 0 fully saturated rings. The van der Waals surface area contributed by atoms with Gasteiger partial charge in [0.15, 0.2) is 5.78 Å². The van der Waals surface area contributed by atoms with E-state index in [1.54, 1.807) is 0 Å². The lowest BCUT2D eigenvalue weighted by Crippen LogP contribution is -2.03. The quantitative estimate of drug-likeness (QED) is 0.297. The average molecular weight is 356 g/mol. The van der Waals surface area contributed by atoms with E-state index in [1.807, 2.05) is 0 Å². The topological polar surface area (TPSA) is 17.1 Å². The summed E-state index contributed by atoms with van der Waals surface area (Å²) in [5.74, 6) is 0.145. The summed E-state index contributed by atoms with van der Waals surface area (Å²) >= 11 is 0. The smallest absolute Gasteiger partial charge is 0.156 e. The summed E-state index contributed by atoms with van der Waals surface area (Å²) in [6.07, 6.45) is 0. The van der Waals surface area contributed by atoms with Crippen LogP contribution >= 0.6 is 0 Å². The number of rotatable bonds is 0. The van der Waals surface area contributed by atoms with Crippen molar-refractivity contribution in [3.05, 3.63) is 107 Å². The van der Waals surface area contributed by atoms with Crippen LogP contribution in [0.25, 0.3) is 32.3 Å². The van der Waals surface area contributed by atoms with Gasteiger partial charge in [-0.2, -0.15) is 0 Å². The van der Waals surface area contributed by atoms with Gasteiger partial charge in [0.1, 0.15) is 0 Å². The van der Waals surface area contributed by atoms with Gasteiger partial charge in [0, 0.05) is 0 Å². The van der Waals surface area contributed by atoms with Crippen LogP contribution in [0, 0.1) is 0 Å². The number of benzene rings is 5. The summed E-state index contributed by atoms with van der Waals surface area (Å²) in [4.78, 5) is 13.3. The number of carbonyl (C=O) groups excluding carboxylic acids is 1. The minimum absolute atomic E-state index is 0.101. The molecule has 130 valence electrons. The Kier molecular flexibility index (Phi) is 2.54. The number of Topliss-reactive ketones (excluding diaryl/α,β-unsaturated/α-hetero) is 1. The van der Waals surface area contributed by atoms with E-state index in [1.165, 1.54) is 54.6 Å². The SMILES string of the molecule is O=C1C2c3cc4ccccc4cc3C1c1cc3cc4ccccc4cc3cc12. The van der Waals surface area contributed by atoms with Crippen molar-refractivity contribution in [2.24, 2.45) is 0 Å². The molecule has 0 saturated heterocycles. The predicted molar refractivity (Wildman–Crippen MR) is 114 cm³/mol. The molecule has 5 aromatic carbocycles. The first-order valence-electron chi connectivity index (χ1n) is 9.80. The maximum absolute atomic E-state index is 13.3. The van der Waals surface area contributed by atoms with Crippen LogP contribution in [0.2, 0.25) is 0 Å². The molecule has 0 spiro atoms. The summed E-state index contributed by atoms with van der Waals surface area (Å²) < 4.78 is 0. The molecule has 0 aliphatic heterocycles. The van der Waals surface area contributed by atoms with Crippen LogP contribution in [-0.4, -0.2) is 5.78 Å². The largest absolute Gasteiger partial charge is 0.298 e. The lowest BCUT2D eigenvalue weighted by Gasteiger charge is -2.19. The highest BCUT2D eigenvalue weighted by Gasteiger charge is 2.49. The Balaban J connectivity index is 1.53. The van der Waals surface area contributed by atoms with Crippen molar-refractivity contribution in [2.45, 2.75) is 11.8 Å². The summed E-state index contributed by atoms with van der Waals surface area (Å²) in [5.41, 5.74) is 4.84. The normalized spacial score (nSPS) is 19.5. The van der Waals surface area contributed by atoms with Gasteiger partial charge in [-0.05, 0) is 91.0 Å². The van der Waals surface area contributed by atoms with Gasteiger partial charge in [0.05, 0.1) is 11.8 Å². The molecule has 5 aromatic rings. The summed E-state index contributed by atoms with van der Waals surface area (Å²) in [7, 11) is 0. The molecule has 0 N–H and O–H groups in total. The van der Waals surface area contributed by atoms with Crippen LogP contribution in [0.1, 0.15) is 34.1 Å². The number of hydrogen-bond donors (Lipinski definition) is 0. The van der Waals surface area contributed by atoms with Gasteiger partial charge in [-0.25, -0.2) is 0 Å². The number of carbonyl (C=O) groups is 1. The number of hydrogen-bond acceptors (Lipinski definition) is 1. The van der Waals surface area contributed by atoms with Crippen LogP contribution in [0.3, 0.4) is 0 Å². The van der Waals surface area contributed by atoms with Crippen LogP contribution in [-0.2, 0) is 4.79 Å². The molecule has 2 atom stereocenters. The Morgan fingerprint density at radius 3 is 1.14 bits per heavy atom. The van der Waals surface area contributed by atoms with E-state index in [-0.39, 0.29) is 11.8 Å². The second-order valence-corrected chi connectivity index (χ2v) is 8.12. The summed E-state index contributed by atoms with van der Waals surface area (Å²) in [6.45, 7) is 0. The summed E-state index contributed by atoms with van der Waals surface area (Å²) in [5, 5.41) is 7.37. The molecular weight excluding hydrogens is 340 g/mol. The van der Waals surface area contributed by atoms with Gasteiger partial charge < -0.3 is 0 Å². The van der Waals surface area contributed by atoms with Gasteiger partial charge in [-0.1, -0.05) is 48.5 Å². The van der Waals surface area contributed by atoms with Gasteiger partial charge in [-0.15, -0.1) is 0 Å². The Bertz CT molecular complexity index is 1380. The molecule has 0 heterocycles. The average Bonchev–Trinajstić information content (AvgIpc) is 3.15. The molecule has 2 aliphatic rings. The molecular formula is C27H16O. The van der Waals surface area contributed by atoms with Crippen molar-refractivity contribution in [1.29, 1.82) is 0 Å². The molecule has 0 saturated carbocycles.